The summed E-state index contributed by atoms with van der Waals surface area (Å²) in [6.07, 6.45) is 0. The highest BCUT2D eigenvalue weighted by atomic mass is 16.2. The first kappa shape index (κ1) is 11.9. The van der Waals surface area contributed by atoms with Gasteiger partial charge in [0.15, 0.2) is 0 Å². The van der Waals surface area contributed by atoms with E-state index in [0.717, 1.165) is 18.5 Å². The average Bonchev–Trinajstić information content (AvgIpc) is 2.47. The van der Waals surface area contributed by atoms with Gasteiger partial charge < -0.3 is 15.2 Å². The van der Waals surface area contributed by atoms with Crippen LogP contribution in [0, 0.1) is 0 Å². The van der Waals surface area contributed by atoms with Gasteiger partial charge in [-0.2, -0.15) is 0 Å². The van der Waals surface area contributed by atoms with Crippen molar-refractivity contribution >= 4 is 16.7 Å². The minimum absolute atomic E-state index is 0.107. The van der Waals surface area contributed by atoms with Crippen LogP contribution in [0.3, 0.4) is 0 Å². The highest BCUT2D eigenvalue weighted by Gasteiger charge is 2.19. The van der Waals surface area contributed by atoms with Gasteiger partial charge in [-0.25, -0.2) is 0 Å². The number of nitrogens with zero attached hydrogens (tertiary/aromatic N) is 1. The third-order valence-corrected chi connectivity index (χ3v) is 3.39. The summed E-state index contributed by atoms with van der Waals surface area (Å²) in [6, 6.07) is 9.03. The molecule has 5 nitrogen and oxygen atoms in total. The molecular formula is C14H15N3O2. The van der Waals surface area contributed by atoms with Gasteiger partial charge in [0.1, 0.15) is 5.69 Å². The van der Waals surface area contributed by atoms with E-state index in [0.29, 0.717) is 24.2 Å². The maximum absolute atomic E-state index is 12.3. The van der Waals surface area contributed by atoms with Crippen molar-refractivity contribution in [3.8, 4) is 0 Å². The number of hydrogen-bond donors (Lipinski definition) is 2. The third-order valence-electron chi connectivity index (χ3n) is 3.39. The number of carbonyl (C=O) groups is 1. The van der Waals surface area contributed by atoms with Crippen LogP contribution in [-0.4, -0.2) is 42.0 Å². The second-order valence-corrected chi connectivity index (χ2v) is 4.64. The predicted octanol–water partition coefficient (Wildman–Crippen LogP) is 0.573. The fraction of sp³-hybridized carbons (Fsp3) is 0.286. The van der Waals surface area contributed by atoms with Crippen molar-refractivity contribution in [2.75, 3.05) is 26.2 Å². The number of nitrogens with one attached hydrogen (secondary N) is 2. The van der Waals surface area contributed by atoms with E-state index in [4.69, 9.17) is 0 Å². The number of H-pyrrole nitrogens is 1. The average molecular weight is 257 g/mol. The van der Waals surface area contributed by atoms with Crippen LogP contribution in [0.1, 0.15) is 10.5 Å². The lowest BCUT2D eigenvalue weighted by atomic mass is 10.1. The Bertz CT molecular complexity index is 672. The summed E-state index contributed by atoms with van der Waals surface area (Å²) >= 11 is 0. The summed E-state index contributed by atoms with van der Waals surface area (Å²) in [5.41, 5.74) is 0.155. The van der Waals surface area contributed by atoms with Crippen LogP contribution in [0.25, 0.3) is 10.8 Å². The first-order valence-electron chi connectivity index (χ1n) is 6.38. The Labute approximate surface area is 110 Å². The van der Waals surface area contributed by atoms with Crippen molar-refractivity contribution in [1.82, 2.24) is 15.2 Å². The van der Waals surface area contributed by atoms with Crippen LogP contribution in [-0.2, 0) is 0 Å². The van der Waals surface area contributed by atoms with E-state index in [1.807, 2.05) is 18.2 Å². The molecule has 2 heterocycles. The Balaban J connectivity index is 2.00. The highest BCUT2D eigenvalue weighted by molar-refractivity contribution is 5.96. The minimum atomic E-state index is -0.211. The first-order valence-corrected chi connectivity index (χ1v) is 6.38. The zero-order valence-electron chi connectivity index (χ0n) is 10.5. The number of benzene rings is 1. The molecule has 98 valence electrons. The maximum atomic E-state index is 12.3. The zero-order chi connectivity index (χ0) is 13.2. The largest absolute Gasteiger partial charge is 0.335 e. The van der Waals surface area contributed by atoms with Crippen LogP contribution in [0.2, 0.25) is 0 Å². The highest BCUT2D eigenvalue weighted by Crippen LogP contribution is 2.11. The molecule has 0 unspecified atom stereocenters. The summed E-state index contributed by atoms with van der Waals surface area (Å²) in [6.45, 7) is 2.94. The molecule has 1 aromatic heterocycles. The summed E-state index contributed by atoms with van der Waals surface area (Å²) in [4.78, 5) is 28.7. The second kappa shape index (κ2) is 4.85. The van der Waals surface area contributed by atoms with E-state index in [-0.39, 0.29) is 11.5 Å². The molecular weight excluding hydrogens is 242 g/mol. The number of amides is 1. The van der Waals surface area contributed by atoms with E-state index >= 15 is 0 Å². The van der Waals surface area contributed by atoms with E-state index < -0.39 is 0 Å². The number of piperazine rings is 1. The van der Waals surface area contributed by atoms with Crippen LogP contribution in [0.15, 0.2) is 35.1 Å². The maximum Gasteiger partial charge on any atom is 0.270 e. The molecule has 1 fully saturated rings. The van der Waals surface area contributed by atoms with Crippen molar-refractivity contribution in [2.45, 2.75) is 0 Å². The lowest BCUT2D eigenvalue weighted by molar-refractivity contribution is 0.0730. The van der Waals surface area contributed by atoms with Gasteiger partial charge in [-0.3, -0.25) is 9.59 Å². The molecule has 1 aromatic carbocycles. The molecule has 0 radical (unpaired) electrons. The van der Waals surface area contributed by atoms with Crippen molar-refractivity contribution in [1.29, 1.82) is 0 Å². The van der Waals surface area contributed by atoms with E-state index in [2.05, 4.69) is 10.3 Å². The van der Waals surface area contributed by atoms with Crippen molar-refractivity contribution in [3.63, 3.8) is 0 Å². The van der Waals surface area contributed by atoms with Crippen molar-refractivity contribution in [3.05, 3.63) is 46.4 Å². The van der Waals surface area contributed by atoms with E-state index in [1.165, 1.54) is 0 Å². The number of rotatable bonds is 1. The Morgan fingerprint density at radius 3 is 2.68 bits per heavy atom. The number of fused-ring (bicyclic) bond motifs is 1. The quantitative estimate of drug-likeness (QED) is 0.785. The topological polar surface area (TPSA) is 65.2 Å². The molecule has 2 aromatic rings. The minimum Gasteiger partial charge on any atom is -0.335 e. The molecule has 2 N–H and O–H groups in total. The summed E-state index contributed by atoms with van der Waals surface area (Å²) < 4.78 is 0. The first-order chi connectivity index (χ1) is 9.25. The molecule has 0 spiro atoms. The smallest absolute Gasteiger partial charge is 0.270 e. The van der Waals surface area contributed by atoms with Gasteiger partial charge in [-0.1, -0.05) is 18.2 Å². The van der Waals surface area contributed by atoms with Crippen molar-refractivity contribution < 1.29 is 4.79 Å². The molecule has 5 heteroatoms. The molecule has 0 aliphatic carbocycles. The molecule has 1 aliphatic rings. The molecule has 19 heavy (non-hydrogen) atoms. The van der Waals surface area contributed by atoms with Crippen LogP contribution in [0.4, 0.5) is 0 Å². The lowest BCUT2D eigenvalue weighted by Crippen LogP contribution is -2.46. The number of aromatic amines is 1. The Morgan fingerprint density at radius 1 is 1.16 bits per heavy atom. The second-order valence-electron chi connectivity index (χ2n) is 4.64. The molecule has 0 atom stereocenters. The van der Waals surface area contributed by atoms with Crippen LogP contribution in [0.5, 0.6) is 0 Å². The monoisotopic (exact) mass is 257 g/mol. The normalized spacial score (nSPS) is 15.7. The summed E-state index contributed by atoms with van der Waals surface area (Å²) in [7, 11) is 0. The molecule has 0 saturated carbocycles. The Morgan fingerprint density at radius 2 is 1.89 bits per heavy atom. The number of hydrogen-bond acceptors (Lipinski definition) is 3. The number of carbonyl (C=O) groups excluding carboxylic acids is 1. The molecule has 1 amide bonds. The van der Waals surface area contributed by atoms with Gasteiger partial charge >= 0.3 is 0 Å². The zero-order valence-corrected chi connectivity index (χ0v) is 10.5. The van der Waals surface area contributed by atoms with Gasteiger partial charge in [0.05, 0.1) is 0 Å². The van der Waals surface area contributed by atoms with Gasteiger partial charge in [0, 0.05) is 31.6 Å². The van der Waals surface area contributed by atoms with E-state index in [9.17, 15) is 9.59 Å². The third kappa shape index (κ3) is 2.24. The molecule has 1 saturated heterocycles. The van der Waals surface area contributed by atoms with Gasteiger partial charge in [0.2, 0.25) is 0 Å². The van der Waals surface area contributed by atoms with Crippen LogP contribution >= 0.6 is 0 Å². The van der Waals surface area contributed by atoms with E-state index in [1.54, 1.807) is 17.0 Å². The molecule has 3 rings (SSSR count). The fourth-order valence-electron chi connectivity index (χ4n) is 2.36. The van der Waals surface area contributed by atoms with Crippen molar-refractivity contribution in [2.24, 2.45) is 0 Å². The molecule has 0 bridgehead atoms. The van der Waals surface area contributed by atoms with Gasteiger partial charge in [-0.05, 0) is 17.5 Å². The van der Waals surface area contributed by atoms with Crippen LogP contribution < -0.4 is 10.9 Å². The standard InChI is InChI=1S/C14H15N3O2/c18-13-11-4-2-1-3-10(11)9-12(16-13)14(19)17-7-5-15-6-8-17/h1-4,9,15H,5-8H2,(H,16,18). The van der Waals surface area contributed by atoms with Gasteiger partial charge in [0.25, 0.3) is 11.5 Å². The number of aromatic nitrogens is 1. The summed E-state index contributed by atoms with van der Waals surface area (Å²) in [5.74, 6) is -0.107. The number of pyridine rings is 1. The Hall–Kier alpha value is -2.14. The summed E-state index contributed by atoms with van der Waals surface area (Å²) in [5, 5.41) is 4.60. The van der Waals surface area contributed by atoms with Gasteiger partial charge in [-0.15, -0.1) is 0 Å². The SMILES string of the molecule is O=C(c1cc2ccccc2c(=O)[nH]1)N1CCNCC1. The molecule has 1 aliphatic heterocycles. The fourth-order valence-corrected chi connectivity index (χ4v) is 2.36. The predicted molar refractivity (Wildman–Crippen MR) is 73.3 cm³/mol. The Kier molecular flexibility index (Phi) is 3.05. The lowest BCUT2D eigenvalue weighted by Gasteiger charge is -2.27.